The van der Waals surface area contributed by atoms with Crippen molar-refractivity contribution < 1.29 is 9.53 Å². The second kappa shape index (κ2) is 6.91. The Bertz CT molecular complexity index is 456. The van der Waals surface area contributed by atoms with E-state index in [1.165, 1.54) is 6.42 Å². The molecular weight excluding hydrogens is 240 g/mol. The lowest BCUT2D eigenvalue weighted by Crippen LogP contribution is -2.29. The summed E-state index contributed by atoms with van der Waals surface area (Å²) in [5.74, 6) is -0.0969. The van der Waals surface area contributed by atoms with Crippen LogP contribution in [0, 0.1) is 11.3 Å². The van der Waals surface area contributed by atoms with Crippen LogP contribution in [-0.4, -0.2) is 25.2 Å². The Morgan fingerprint density at radius 3 is 2.79 bits per heavy atom. The van der Waals surface area contributed by atoms with E-state index in [1.54, 1.807) is 24.3 Å². The molecule has 2 rings (SSSR count). The van der Waals surface area contributed by atoms with Crippen LogP contribution in [0.3, 0.4) is 0 Å². The van der Waals surface area contributed by atoms with Gasteiger partial charge in [0, 0.05) is 18.7 Å². The standard InChI is InChI=1S/C15H18N2O2/c16-11-12-4-6-13(7-5-12)15(18)17-9-8-14-3-1-2-10-19-14/h4-7,14H,1-3,8-10H2,(H,17,18). The van der Waals surface area contributed by atoms with Gasteiger partial charge in [-0.05, 0) is 49.9 Å². The molecule has 0 aliphatic carbocycles. The Kier molecular flexibility index (Phi) is 4.93. The number of hydrogen-bond donors (Lipinski definition) is 1. The van der Waals surface area contributed by atoms with Gasteiger partial charge in [0.2, 0.25) is 0 Å². The fourth-order valence-electron chi connectivity index (χ4n) is 2.18. The van der Waals surface area contributed by atoms with Crippen molar-refractivity contribution in [3.63, 3.8) is 0 Å². The molecule has 1 N–H and O–H groups in total. The van der Waals surface area contributed by atoms with Gasteiger partial charge in [-0.3, -0.25) is 4.79 Å². The first-order valence-corrected chi connectivity index (χ1v) is 6.69. The van der Waals surface area contributed by atoms with Crippen LogP contribution in [0.25, 0.3) is 0 Å². The van der Waals surface area contributed by atoms with Crippen molar-refractivity contribution in [2.45, 2.75) is 31.8 Å². The molecule has 4 heteroatoms. The molecule has 1 atom stereocenters. The number of amides is 1. The number of nitrogens with zero attached hydrogens (tertiary/aromatic N) is 1. The second-order valence-corrected chi connectivity index (χ2v) is 4.72. The Labute approximate surface area is 113 Å². The van der Waals surface area contributed by atoms with Crippen molar-refractivity contribution >= 4 is 5.91 Å². The van der Waals surface area contributed by atoms with Crippen LogP contribution < -0.4 is 5.32 Å². The summed E-state index contributed by atoms with van der Waals surface area (Å²) in [5, 5.41) is 11.6. The molecule has 4 nitrogen and oxygen atoms in total. The van der Waals surface area contributed by atoms with Crippen LogP contribution in [0.15, 0.2) is 24.3 Å². The van der Waals surface area contributed by atoms with E-state index >= 15 is 0 Å². The predicted molar refractivity (Wildman–Crippen MR) is 71.7 cm³/mol. The summed E-state index contributed by atoms with van der Waals surface area (Å²) >= 11 is 0. The van der Waals surface area contributed by atoms with E-state index in [9.17, 15) is 4.79 Å². The molecule has 0 radical (unpaired) electrons. The van der Waals surface area contributed by atoms with Gasteiger partial charge in [-0.2, -0.15) is 5.26 Å². The van der Waals surface area contributed by atoms with Crippen molar-refractivity contribution in [3.05, 3.63) is 35.4 Å². The molecule has 1 fully saturated rings. The highest BCUT2D eigenvalue weighted by molar-refractivity contribution is 5.94. The maximum absolute atomic E-state index is 11.9. The molecule has 100 valence electrons. The van der Waals surface area contributed by atoms with Crippen molar-refractivity contribution in [3.8, 4) is 6.07 Å². The second-order valence-electron chi connectivity index (χ2n) is 4.72. The number of rotatable bonds is 4. The summed E-state index contributed by atoms with van der Waals surface area (Å²) in [6, 6.07) is 8.68. The first-order chi connectivity index (χ1) is 9.29. The minimum Gasteiger partial charge on any atom is -0.378 e. The number of nitrogens with one attached hydrogen (secondary N) is 1. The van der Waals surface area contributed by atoms with E-state index in [1.807, 2.05) is 6.07 Å². The molecule has 0 bridgehead atoms. The summed E-state index contributed by atoms with van der Waals surface area (Å²) in [7, 11) is 0. The van der Waals surface area contributed by atoms with Gasteiger partial charge >= 0.3 is 0 Å². The van der Waals surface area contributed by atoms with Gasteiger partial charge in [0.1, 0.15) is 0 Å². The lowest BCUT2D eigenvalue weighted by atomic mass is 10.1. The fraction of sp³-hybridized carbons (Fsp3) is 0.467. The maximum atomic E-state index is 11.9. The van der Waals surface area contributed by atoms with Crippen LogP contribution in [0.5, 0.6) is 0 Å². The lowest BCUT2D eigenvalue weighted by molar-refractivity contribution is 0.0117. The smallest absolute Gasteiger partial charge is 0.251 e. The van der Waals surface area contributed by atoms with Gasteiger partial charge in [0.05, 0.1) is 17.7 Å². The molecule has 0 saturated carbocycles. The first-order valence-electron chi connectivity index (χ1n) is 6.69. The highest BCUT2D eigenvalue weighted by Gasteiger charge is 2.14. The van der Waals surface area contributed by atoms with E-state index in [2.05, 4.69) is 5.32 Å². The van der Waals surface area contributed by atoms with Crippen LogP contribution >= 0.6 is 0 Å². The van der Waals surface area contributed by atoms with Gasteiger partial charge in [0.15, 0.2) is 0 Å². The SMILES string of the molecule is N#Cc1ccc(C(=O)NCCC2CCCCO2)cc1. The highest BCUT2D eigenvalue weighted by atomic mass is 16.5. The molecule has 1 saturated heterocycles. The Balaban J connectivity index is 1.75. The van der Waals surface area contributed by atoms with Gasteiger partial charge in [-0.15, -0.1) is 0 Å². The molecule has 0 aromatic heterocycles. The van der Waals surface area contributed by atoms with Crippen molar-refractivity contribution in [2.24, 2.45) is 0 Å². The Morgan fingerprint density at radius 2 is 2.16 bits per heavy atom. The fourth-order valence-corrected chi connectivity index (χ4v) is 2.18. The van der Waals surface area contributed by atoms with Gasteiger partial charge in [-0.25, -0.2) is 0 Å². The summed E-state index contributed by atoms with van der Waals surface area (Å²) in [6.07, 6.45) is 4.60. The van der Waals surface area contributed by atoms with E-state index in [0.29, 0.717) is 17.7 Å². The summed E-state index contributed by atoms with van der Waals surface area (Å²) in [5.41, 5.74) is 1.15. The molecule has 1 aliphatic heterocycles. The highest BCUT2D eigenvalue weighted by Crippen LogP contribution is 2.14. The average Bonchev–Trinajstić information content (AvgIpc) is 2.48. The average molecular weight is 258 g/mol. The monoisotopic (exact) mass is 258 g/mol. The van der Waals surface area contributed by atoms with Gasteiger partial charge < -0.3 is 10.1 Å². The third-order valence-corrected chi connectivity index (χ3v) is 3.30. The molecule has 1 unspecified atom stereocenters. The quantitative estimate of drug-likeness (QED) is 0.901. The van der Waals surface area contributed by atoms with Crippen LogP contribution in [0.2, 0.25) is 0 Å². The number of carbonyl (C=O) groups is 1. The molecule has 1 aliphatic rings. The topological polar surface area (TPSA) is 62.1 Å². The Morgan fingerprint density at radius 1 is 1.37 bits per heavy atom. The molecule has 19 heavy (non-hydrogen) atoms. The van der Waals surface area contributed by atoms with Gasteiger partial charge in [-0.1, -0.05) is 0 Å². The number of carbonyl (C=O) groups excluding carboxylic acids is 1. The van der Waals surface area contributed by atoms with E-state index in [0.717, 1.165) is 25.9 Å². The minimum absolute atomic E-state index is 0.0969. The van der Waals surface area contributed by atoms with Crippen LogP contribution in [0.4, 0.5) is 0 Å². The largest absolute Gasteiger partial charge is 0.378 e. The van der Waals surface area contributed by atoms with Crippen molar-refractivity contribution in [1.29, 1.82) is 5.26 Å². The summed E-state index contributed by atoms with van der Waals surface area (Å²) in [4.78, 5) is 11.9. The molecule has 1 heterocycles. The third-order valence-electron chi connectivity index (χ3n) is 3.30. The van der Waals surface area contributed by atoms with E-state index in [4.69, 9.17) is 10.00 Å². The molecule has 1 amide bonds. The molecule has 1 aromatic carbocycles. The van der Waals surface area contributed by atoms with Crippen molar-refractivity contribution in [2.75, 3.05) is 13.2 Å². The third kappa shape index (κ3) is 4.08. The van der Waals surface area contributed by atoms with Crippen molar-refractivity contribution in [1.82, 2.24) is 5.32 Å². The van der Waals surface area contributed by atoms with E-state index < -0.39 is 0 Å². The summed E-state index contributed by atoms with van der Waals surface area (Å²) in [6.45, 7) is 1.47. The molecule has 0 spiro atoms. The maximum Gasteiger partial charge on any atom is 0.251 e. The Hall–Kier alpha value is -1.86. The first kappa shape index (κ1) is 13.6. The number of benzene rings is 1. The minimum atomic E-state index is -0.0969. The van der Waals surface area contributed by atoms with Gasteiger partial charge in [0.25, 0.3) is 5.91 Å². The zero-order valence-electron chi connectivity index (χ0n) is 10.9. The molecular formula is C15H18N2O2. The predicted octanol–water partition coefficient (Wildman–Crippen LogP) is 2.25. The normalized spacial score (nSPS) is 18.6. The number of nitriles is 1. The van der Waals surface area contributed by atoms with Crippen LogP contribution in [0.1, 0.15) is 41.6 Å². The number of hydrogen-bond acceptors (Lipinski definition) is 3. The molecule has 1 aromatic rings. The number of ether oxygens (including phenoxy) is 1. The lowest BCUT2D eigenvalue weighted by Gasteiger charge is -2.22. The summed E-state index contributed by atoms with van der Waals surface area (Å²) < 4.78 is 5.61. The zero-order valence-corrected chi connectivity index (χ0v) is 10.9. The van der Waals surface area contributed by atoms with Crippen LogP contribution in [-0.2, 0) is 4.74 Å². The van der Waals surface area contributed by atoms with E-state index in [-0.39, 0.29) is 12.0 Å². The zero-order chi connectivity index (χ0) is 13.5.